The topological polar surface area (TPSA) is 41.6 Å². The Balaban J connectivity index is 1.76. The zero-order chi connectivity index (χ0) is 15.9. The molecule has 22 heavy (non-hydrogen) atoms. The van der Waals surface area contributed by atoms with Crippen LogP contribution in [0, 0.1) is 5.92 Å². The summed E-state index contributed by atoms with van der Waals surface area (Å²) < 4.78 is 6.43. The third-order valence-electron chi connectivity index (χ3n) is 3.90. The number of benzene rings is 1. The molecule has 6 heteroatoms. The molecular formula is C16H22BrClN2O2. The molecule has 0 saturated carbocycles. The molecule has 4 nitrogen and oxygen atoms in total. The minimum absolute atomic E-state index is 0.0286. The maximum absolute atomic E-state index is 12.2. The predicted molar refractivity (Wildman–Crippen MR) is 92.5 cm³/mol. The number of carbonyl (C=O) groups is 1. The lowest BCUT2D eigenvalue weighted by Gasteiger charge is -2.32. The number of hydrogen-bond acceptors (Lipinski definition) is 3. The van der Waals surface area contributed by atoms with Gasteiger partial charge < -0.3 is 15.0 Å². The summed E-state index contributed by atoms with van der Waals surface area (Å²) in [5, 5.41) is 3.88. The van der Waals surface area contributed by atoms with E-state index >= 15 is 0 Å². The third-order valence-corrected chi connectivity index (χ3v) is 4.68. The third kappa shape index (κ3) is 5.14. The SMILES string of the molecule is CCNCC1CCN(C(=O)COc2ccc(Br)cc2Cl)CC1. The number of halogens is 2. The largest absolute Gasteiger partial charge is 0.482 e. The lowest BCUT2D eigenvalue weighted by Crippen LogP contribution is -2.42. The molecule has 2 rings (SSSR count). The van der Waals surface area contributed by atoms with Crippen LogP contribution in [0.15, 0.2) is 22.7 Å². The molecule has 1 aliphatic rings. The van der Waals surface area contributed by atoms with Crippen molar-refractivity contribution in [3.8, 4) is 5.75 Å². The quantitative estimate of drug-likeness (QED) is 0.811. The maximum atomic E-state index is 12.2. The number of amides is 1. The second kappa shape index (κ2) is 8.75. The van der Waals surface area contributed by atoms with Crippen molar-refractivity contribution < 1.29 is 9.53 Å². The summed E-state index contributed by atoms with van der Waals surface area (Å²) in [7, 11) is 0. The molecule has 0 atom stereocenters. The van der Waals surface area contributed by atoms with E-state index in [0.717, 1.165) is 43.5 Å². The summed E-state index contributed by atoms with van der Waals surface area (Å²) in [6.45, 7) is 5.82. The lowest BCUT2D eigenvalue weighted by atomic mass is 9.97. The summed E-state index contributed by atoms with van der Waals surface area (Å²) in [6, 6.07) is 5.37. The molecule has 1 N–H and O–H groups in total. The zero-order valence-corrected chi connectivity index (χ0v) is 15.1. The molecule has 1 fully saturated rings. The van der Waals surface area contributed by atoms with Crippen molar-refractivity contribution in [3.63, 3.8) is 0 Å². The van der Waals surface area contributed by atoms with Crippen molar-refractivity contribution in [1.29, 1.82) is 0 Å². The minimum Gasteiger partial charge on any atom is -0.482 e. The summed E-state index contributed by atoms with van der Waals surface area (Å²) in [5.74, 6) is 1.24. The van der Waals surface area contributed by atoms with E-state index in [4.69, 9.17) is 16.3 Å². The van der Waals surface area contributed by atoms with Gasteiger partial charge in [0.05, 0.1) is 5.02 Å². The average Bonchev–Trinajstić information content (AvgIpc) is 2.52. The Morgan fingerprint density at radius 2 is 2.18 bits per heavy atom. The van der Waals surface area contributed by atoms with Gasteiger partial charge in [0.25, 0.3) is 5.91 Å². The Morgan fingerprint density at radius 1 is 1.45 bits per heavy atom. The first kappa shape index (κ1) is 17.6. The van der Waals surface area contributed by atoms with Crippen LogP contribution in [0.1, 0.15) is 19.8 Å². The van der Waals surface area contributed by atoms with E-state index in [0.29, 0.717) is 16.7 Å². The summed E-state index contributed by atoms with van der Waals surface area (Å²) >= 11 is 9.42. The monoisotopic (exact) mass is 388 g/mol. The minimum atomic E-state index is 0.0286. The van der Waals surface area contributed by atoms with Crippen LogP contribution in [-0.4, -0.2) is 43.6 Å². The van der Waals surface area contributed by atoms with Gasteiger partial charge in [-0.05, 0) is 50.0 Å². The molecule has 0 spiro atoms. The first-order valence-corrected chi connectivity index (χ1v) is 8.83. The Kier molecular flexibility index (Phi) is 6.99. The number of rotatable bonds is 6. The van der Waals surface area contributed by atoms with Crippen LogP contribution in [0.4, 0.5) is 0 Å². The standard InChI is InChI=1S/C16H22BrClN2O2/c1-2-19-10-12-5-7-20(8-6-12)16(21)11-22-15-4-3-13(17)9-14(15)18/h3-4,9,12,19H,2,5-8,10-11H2,1H3. The number of ether oxygens (including phenoxy) is 1. The lowest BCUT2D eigenvalue weighted by molar-refractivity contribution is -0.134. The van der Waals surface area contributed by atoms with Crippen molar-refractivity contribution >= 4 is 33.4 Å². The fraction of sp³-hybridized carbons (Fsp3) is 0.562. The van der Waals surface area contributed by atoms with Crippen LogP contribution < -0.4 is 10.1 Å². The molecule has 0 aliphatic carbocycles. The van der Waals surface area contributed by atoms with E-state index in [1.165, 1.54) is 0 Å². The first-order valence-electron chi connectivity index (χ1n) is 7.66. The molecular weight excluding hydrogens is 368 g/mol. The van der Waals surface area contributed by atoms with Crippen LogP contribution >= 0.6 is 27.5 Å². The van der Waals surface area contributed by atoms with Gasteiger partial charge in [-0.15, -0.1) is 0 Å². The van der Waals surface area contributed by atoms with Gasteiger partial charge >= 0.3 is 0 Å². The van der Waals surface area contributed by atoms with E-state index in [9.17, 15) is 4.79 Å². The van der Waals surface area contributed by atoms with Crippen LogP contribution in [0.25, 0.3) is 0 Å². The van der Waals surface area contributed by atoms with Gasteiger partial charge in [0, 0.05) is 17.6 Å². The highest BCUT2D eigenvalue weighted by molar-refractivity contribution is 9.10. The van der Waals surface area contributed by atoms with Crippen molar-refractivity contribution in [2.24, 2.45) is 5.92 Å². The summed E-state index contributed by atoms with van der Waals surface area (Å²) in [5.41, 5.74) is 0. The maximum Gasteiger partial charge on any atom is 0.260 e. The van der Waals surface area contributed by atoms with Crippen LogP contribution in [0.2, 0.25) is 5.02 Å². The second-order valence-electron chi connectivity index (χ2n) is 5.50. The molecule has 122 valence electrons. The fourth-order valence-electron chi connectivity index (χ4n) is 2.56. The Morgan fingerprint density at radius 3 is 2.82 bits per heavy atom. The Bertz CT molecular complexity index is 505. The van der Waals surface area contributed by atoms with E-state index in [-0.39, 0.29) is 12.5 Å². The zero-order valence-electron chi connectivity index (χ0n) is 12.8. The van der Waals surface area contributed by atoms with E-state index in [1.807, 2.05) is 11.0 Å². The molecule has 1 heterocycles. The highest BCUT2D eigenvalue weighted by atomic mass is 79.9. The smallest absolute Gasteiger partial charge is 0.260 e. The van der Waals surface area contributed by atoms with E-state index in [2.05, 4.69) is 28.2 Å². The Hall–Kier alpha value is -0.780. The predicted octanol–water partition coefficient (Wildman–Crippen LogP) is 3.33. The number of nitrogens with one attached hydrogen (secondary N) is 1. The molecule has 1 aromatic carbocycles. The van der Waals surface area contributed by atoms with Gasteiger partial charge in [0.15, 0.2) is 6.61 Å². The van der Waals surface area contributed by atoms with Crippen molar-refractivity contribution in [3.05, 3.63) is 27.7 Å². The highest BCUT2D eigenvalue weighted by Gasteiger charge is 2.22. The van der Waals surface area contributed by atoms with Crippen molar-refractivity contribution in [1.82, 2.24) is 10.2 Å². The molecule has 0 radical (unpaired) electrons. The molecule has 0 unspecified atom stereocenters. The number of carbonyl (C=O) groups excluding carboxylic acids is 1. The normalized spacial score (nSPS) is 15.9. The first-order chi connectivity index (χ1) is 10.6. The molecule has 1 aliphatic heterocycles. The van der Waals surface area contributed by atoms with Gasteiger partial charge in [-0.2, -0.15) is 0 Å². The average molecular weight is 390 g/mol. The van der Waals surface area contributed by atoms with E-state index < -0.39 is 0 Å². The molecule has 0 aromatic heterocycles. The molecule has 1 amide bonds. The van der Waals surface area contributed by atoms with E-state index in [1.54, 1.807) is 12.1 Å². The van der Waals surface area contributed by atoms with Crippen LogP contribution in [0.3, 0.4) is 0 Å². The number of likely N-dealkylation sites (tertiary alicyclic amines) is 1. The van der Waals surface area contributed by atoms with Gasteiger partial charge in [-0.1, -0.05) is 34.5 Å². The molecule has 1 saturated heterocycles. The van der Waals surface area contributed by atoms with Gasteiger partial charge in [-0.3, -0.25) is 4.79 Å². The highest BCUT2D eigenvalue weighted by Crippen LogP contribution is 2.27. The van der Waals surface area contributed by atoms with Crippen LogP contribution in [0.5, 0.6) is 5.75 Å². The van der Waals surface area contributed by atoms with Crippen molar-refractivity contribution in [2.75, 3.05) is 32.8 Å². The summed E-state index contributed by atoms with van der Waals surface area (Å²) in [4.78, 5) is 14.1. The van der Waals surface area contributed by atoms with Crippen molar-refractivity contribution in [2.45, 2.75) is 19.8 Å². The van der Waals surface area contributed by atoms with Crippen LogP contribution in [-0.2, 0) is 4.79 Å². The number of piperidine rings is 1. The fourth-order valence-corrected chi connectivity index (χ4v) is 3.29. The summed E-state index contributed by atoms with van der Waals surface area (Å²) in [6.07, 6.45) is 2.11. The Labute approximate surface area is 145 Å². The molecule has 0 bridgehead atoms. The van der Waals surface area contributed by atoms with Gasteiger partial charge in [0.2, 0.25) is 0 Å². The van der Waals surface area contributed by atoms with Gasteiger partial charge in [-0.25, -0.2) is 0 Å². The molecule has 1 aromatic rings. The van der Waals surface area contributed by atoms with Gasteiger partial charge in [0.1, 0.15) is 5.75 Å². The second-order valence-corrected chi connectivity index (χ2v) is 6.82. The number of nitrogens with zero attached hydrogens (tertiary/aromatic N) is 1. The number of hydrogen-bond donors (Lipinski definition) is 1.